The van der Waals surface area contributed by atoms with Crippen molar-refractivity contribution in [1.82, 2.24) is 4.57 Å². The fourth-order valence-electron chi connectivity index (χ4n) is 2.80. The van der Waals surface area contributed by atoms with Crippen molar-refractivity contribution >= 4 is 0 Å². The molecule has 106 valence electrons. The Morgan fingerprint density at radius 2 is 2.05 bits per heavy atom. The summed E-state index contributed by atoms with van der Waals surface area (Å²) in [6.07, 6.45) is 4.32. The lowest BCUT2D eigenvalue weighted by Gasteiger charge is -2.22. The molecule has 0 spiro atoms. The van der Waals surface area contributed by atoms with E-state index >= 15 is 0 Å². The Morgan fingerprint density at radius 3 is 2.63 bits per heavy atom. The minimum atomic E-state index is -0.561. The van der Waals surface area contributed by atoms with Gasteiger partial charge in [0.15, 0.2) is 0 Å². The molecule has 0 saturated heterocycles. The van der Waals surface area contributed by atoms with Crippen LogP contribution in [0.2, 0.25) is 0 Å². The van der Waals surface area contributed by atoms with Gasteiger partial charge in [0.05, 0.1) is 0 Å². The van der Waals surface area contributed by atoms with Crippen molar-refractivity contribution in [3.05, 3.63) is 33.2 Å². The predicted octanol–water partition coefficient (Wildman–Crippen LogP) is 2.58. The van der Waals surface area contributed by atoms with Crippen molar-refractivity contribution in [1.29, 1.82) is 0 Å². The average Bonchev–Trinajstić information content (AvgIpc) is 2.73. The Hall–Kier alpha value is -1.09. The van der Waals surface area contributed by atoms with Gasteiger partial charge in [0.2, 0.25) is 0 Å². The zero-order chi connectivity index (χ0) is 14.2. The van der Waals surface area contributed by atoms with Crippen LogP contribution < -0.4 is 11.3 Å². The summed E-state index contributed by atoms with van der Waals surface area (Å²) >= 11 is 0. The summed E-state index contributed by atoms with van der Waals surface area (Å²) in [5, 5.41) is 0. The van der Waals surface area contributed by atoms with E-state index in [2.05, 4.69) is 19.9 Å². The molecule has 0 aliphatic heterocycles. The van der Waals surface area contributed by atoms with E-state index in [9.17, 15) is 4.79 Å². The standard InChI is InChI=1S/C16H26N2O/c1-11(2)8-9-18-14-7-5-6-12(14)10-13(15(18)19)16(3,4)17/h10-11H,5-9,17H2,1-4H3. The number of nitrogens with two attached hydrogens (primary N) is 1. The molecule has 0 unspecified atom stereocenters. The van der Waals surface area contributed by atoms with Crippen molar-refractivity contribution in [2.75, 3.05) is 0 Å². The lowest BCUT2D eigenvalue weighted by Crippen LogP contribution is -2.39. The van der Waals surface area contributed by atoms with Crippen LogP contribution in [0, 0.1) is 5.92 Å². The second-order valence-corrected chi connectivity index (χ2v) is 6.74. The van der Waals surface area contributed by atoms with Gasteiger partial charge >= 0.3 is 0 Å². The van der Waals surface area contributed by atoms with E-state index in [1.54, 1.807) is 0 Å². The number of hydrogen-bond donors (Lipinski definition) is 1. The van der Waals surface area contributed by atoms with E-state index in [4.69, 9.17) is 5.73 Å². The second kappa shape index (κ2) is 5.12. The average molecular weight is 262 g/mol. The Kier molecular flexibility index (Phi) is 3.86. The molecular formula is C16H26N2O. The van der Waals surface area contributed by atoms with E-state index in [0.717, 1.165) is 37.8 Å². The maximum atomic E-state index is 12.7. The molecule has 3 nitrogen and oxygen atoms in total. The second-order valence-electron chi connectivity index (χ2n) is 6.74. The van der Waals surface area contributed by atoms with E-state index < -0.39 is 5.54 Å². The maximum absolute atomic E-state index is 12.7. The maximum Gasteiger partial charge on any atom is 0.255 e. The van der Waals surface area contributed by atoms with Crippen molar-refractivity contribution in [3.8, 4) is 0 Å². The largest absolute Gasteiger partial charge is 0.322 e. The Balaban J connectivity index is 2.51. The molecule has 0 amide bonds. The van der Waals surface area contributed by atoms with Gasteiger partial charge in [-0.05, 0) is 57.1 Å². The summed E-state index contributed by atoms with van der Waals surface area (Å²) in [6, 6.07) is 2.05. The van der Waals surface area contributed by atoms with Gasteiger partial charge in [-0.3, -0.25) is 4.79 Å². The highest BCUT2D eigenvalue weighted by atomic mass is 16.1. The molecule has 0 atom stereocenters. The summed E-state index contributed by atoms with van der Waals surface area (Å²) in [4.78, 5) is 12.7. The van der Waals surface area contributed by atoms with Gasteiger partial charge in [-0.25, -0.2) is 0 Å². The number of aromatic nitrogens is 1. The third-order valence-electron chi connectivity index (χ3n) is 3.97. The van der Waals surface area contributed by atoms with E-state index in [1.807, 2.05) is 18.4 Å². The van der Waals surface area contributed by atoms with Crippen molar-refractivity contribution in [2.45, 2.75) is 65.5 Å². The quantitative estimate of drug-likeness (QED) is 0.906. The van der Waals surface area contributed by atoms with Gasteiger partial charge in [-0.15, -0.1) is 0 Å². The van der Waals surface area contributed by atoms with Crippen molar-refractivity contribution in [3.63, 3.8) is 0 Å². The van der Waals surface area contributed by atoms with Crippen LogP contribution in [0.15, 0.2) is 10.9 Å². The summed E-state index contributed by atoms with van der Waals surface area (Å²) in [6.45, 7) is 9.04. The Morgan fingerprint density at radius 1 is 1.37 bits per heavy atom. The van der Waals surface area contributed by atoms with Gasteiger partial charge in [0.1, 0.15) is 0 Å². The number of rotatable bonds is 4. The number of hydrogen-bond acceptors (Lipinski definition) is 2. The van der Waals surface area contributed by atoms with Gasteiger partial charge in [-0.1, -0.05) is 13.8 Å². The normalized spacial score (nSPS) is 15.1. The fraction of sp³-hybridized carbons (Fsp3) is 0.688. The number of nitrogens with zero attached hydrogens (tertiary/aromatic N) is 1. The summed E-state index contributed by atoms with van der Waals surface area (Å²) in [5.41, 5.74) is 9.06. The van der Waals surface area contributed by atoms with Crippen LogP contribution in [0.5, 0.6) is 0 Å². The summed E-state index contributed by atoms with van der Waals surface area (Å²) in [5.74, 6) is 0.610. The molecule has 2 N–H and O–H groups in total. The van der Waals surface area contributed by atoms with Gasteiger partial charge < -0.3 is 10.3 Å². The zero-order valence-electron chi connectivity index (χ0n) is 12.6. The molecule has 3 heteroatoms. The predicted molar refractivity (Wildman–Crippen MR) is 79.4 cm³/mol. The third-order valence-corrected chi connectivity index (χ3v) is 3.97. The molecule has 1 heterocycles. The number of aryl methyl sites for hydroxylation is 1. The van der Waals surface area contributed by atoms with Crippen LogP contribution in [0.25, 0.3) is 0 Å². The Bertz CT molecular complexity index is 521. The fourth-order valence-corrected chi connectivity index (χ4v) is 2.80. The van der Waals surface area contributed by atoms with Crippen LogP contribution in [-0.4, -0.2) is 4.57 Å². The summed E-state index contributed by atoms with van der Waals surface area (Å²) in [7, 11) is 0. The van der Waals surface area contributed by atoms with Crippen LogP contribution >= 0.6 is 0 Å². The van der Waals surface area contributed by atoms with Crippen molar-refractivity contribution < 1.29 is 0 Å². The monoisotopic (exact) mass is 262 g/mol. The first-order valence-electron chi connectivity index (χ1n) is 7.35. The smallest absolute Gasteiger partial charge is 0.255 e. The summed E-state index contributed by atoms with van der Waals surface area (Å²) < 4.78 is 1.99. The minimum Gasteiger partial charge on any atom is -0.322 e. The molecular weight excluding hydrogens is 236 g/mol. The number of fused-ring (bicyclic) bond motifs is 1. The SMILES string of the molecule is CC(C)CCn1c2c(cc(C(C)(C)N)c1=O)CCC2. The van der Waals surface area contributed by atoms with Crippen LogP contribution in [0.4, 0.5) is 0 Å². The molecule has 1 aliphatic rings. The molecule has 0 saturated carbocycles. The topological polar surface area (TPSA) is 48.0 Å². The van der Waals surface area contributed by atoms with Crippen LogP contribution in [0.3, 0.4) is 0 Å². The molecule has 0 aromatic carbocycles. The molecule has 0 fully saturated rings. The van der Waals surface area contributed by atoms with Crippen LogP contribution in [0.1, 0.15) is 57.4 Å². The highest BCUT2D eigenvalue weighted by Crippen LogP contribution is 2.25. The van der Waals surface area contributed by atoms with Crippen LogP contribution in [-0.2, 0) is 24.9 Å². The third kappa shape index (κ3) is 2.92. The Labute approximate surface area is 115 Å². The molecule has 0 bridgehead atoms. The number of pyridine rings is 1. The van der Waals surface area contributed by atoms with Crippen molar-refractivity contribution in [2.24, 2.45) is 11.7 Å². The van der Waals surface area contributed by atoms with Gasteiger partial charge in [-0.2, -0.15) is 0 Å². The molecule has 2 rings (SSSR count). The molecule has 1 aromatic heterocycles. The highest BCUT2D eigenvalue weighted by Gasteiger charge is 2.25. The molecule has 0 radical (unpaired) electrons. The van der Waals surface area contributed by atoms with E-state index in [1.165, 1.54) is 11.3 Å². The lowest BCUT2D eigenvalue weighted by atomic mass is 9.95. The lowest BCUT2D eigenvalue weighted by molar-refractivity contribution is 0.482. The molecule has 1 aliphatic carbocycles. The van der Waals surface area contributed by atoms with Gasteiger partial charge in [0.25, 0.3) is 5.56 Å². The molecule has 19 heavy (non-hydrogen) atoms. The van der Waals surface area contributed by atoms with E-state index in [0.29, 0.717) is 5.92 Å². The molecule has 1 aromatic rings. The zero-order valence-corrected chi connectivity index (χ0v) is 12.6. The first-order chi connectivity index (χ1) is 8.80. The first-order valence-corrected chi connectivity index (χ1v) is 7.35. The van der Waals surface area contributed by atoms with E-state index in [-0.39, 0.29) is 5.56 Å². The first kappa shape index (κ1) is 14.3. The highest BCUT2D eigenvalue weighted by molar-refractivity contribution is 5.33. The van der Waals surface area contributed by atoms with Gasteiger partial charge in [0, 0.05) is 23.3 Å². The minimum absolute atomic E-state index is 0.119.